The predicted molar refractivity (Wildman–Crippen MR) is 55.6 cm³/mol. The Labute approximate surface area is 80.4 Å². The van der Waals surface area contributed by atoms with Crippen molar-refractivity contribution >= 4 is 0 Å². The number of hydrogen-bond donors (Lipinski definition) is 2. The first-order chi connectivity index (χ1) is 5.91. The number of rotatable bonds is 4. The Hall–Kier alpha value is -0.800. The summed E-state index contributed by atoms with van der Waals surface area (Å²) in [6.45, 7) is 11.7. The molecule has 0 bridgehead atoms. The van der Waals surface area contributed by atoms with E-state index in [2.05, 4.69) is 13.5 Å². The molecule has 0 aromatic rings. The first-order valence-corrected chi connectivity index (χ1v) is 4.40. The lowest BCUT2D eigenvalue weighted by molar-refractivity contribution is 0.197. The molecule has 0 fully saturated rings. The van der Waals surface area contributed by atoms with Crippen LogP contribution in [0.15, 0.2) is 23.5 Å². The third kappa shape index (κ3) is 3.20. The quantitative estimate of drug-likeness (QED) is 0.397. The fraction of sp³-hybridized carbons (Fsp3) is 0.600. The van der Waals surface area contributed by atoms with Crippen molar-refractivity contribution in [2.75, 3.05) is 0 Å². The van der Waals surface area contributed by atoms with Crippen molar-refractivity contribution in [3.8, 4) is 0 Å². The summed E-state index contributed by atoms with van der Waals surface area (Å²) < 4.78 is 0. The van der Waals surface area contributed by atoms with Crippen LogP contribution in [0.1, 0.15) is 27.7 Å². The van der Waals surface area contributed by atoms with Crippen molar-refractivity contribution in [1.29, 1.82) is 0 Å². The summed E-state index contributed by atoms with van der Waals surface area (Å²) in [7, 11) is 0. The van der Waals surface area contributed by atoms with Crippen molar-refractivity contribution in [3.63, 3.8) is 0 Å². The van der Waals surface area contributed by atoms with E-state index in [0.717, 1.165) is 11.1 Å². The molecule has 0 aromatic heterocycles. The van der Waals surface area contributed by atoms with Gasteiger partial charge in [0.15, 0.2) is 0 Å². The van der Waals surface area contributed by atoms with Crippen molar-refractivity contribution in [3.05, 3.63) is 23.5 Å². The third-order valence-electron chi connectivity index (χ3n) is 2.32. The molecule has 13 heavy (non-hydrogen) atoms. The van der Waals surface area contributed by atoms with E-state index in [4.69, 9.17) is 16.5 Å². The van der Waals surface area contributed by atoms with Gasteiger partial charge in [-0.3, -0.25) is 0 Å². The van der Waals surface area contributed by atoms with Crippen LogP contribution in [0, 0.1) is 5.92 Å². The number of hydrogen-bond acceptors (Lipinski definition) is 3. The molecule has 0 heterocycles. The predicted octanol–water partition coefficient (Wildman–Crippen LogP) is 1.71. The Kier molecular flexibility index (Phi) is 4.73. The lowest BCUT2D eigenvalue weighted by Gasteiger charge is -2.18. The highest BCUT2D eigenvalue weighted by atomic mass is 16.6. The molecular weight excluding hydrogens is 164 g/mol. The van der Waals surface area contributed by atoms with Gasteiger partial charge in [0.05, 0.1) is 6.04 Å². The molecule has 0 aliphatic heterocycles. The summed E-state index contributed by atoms with van der Waals surface area (Å²) in [5.74, 6) is 6.05. The normalized spacial score (nSPS) is 17.4. The summed E-state index contributed by atoms with van der Waals surface area (Å²) in [4.78, 5) is 4.76. The topological polar surface area (TPSA) is 61.3 Å². The Bertz CT molecular complexity index is 219. The van der Waals surface area contributed by atoms with E-state index >= 15 is 0 Å². The number of nitrogens with two attached hydrogens (primary N) is 2. The minimum absolute atomic E-state index is 0.174. The van der Waals surface area contributed by atoms with Gasteiger partial charge < -0.3 is 10.6 Å². The summed E-state index contributed by atoms with van der Waals surface area (Å²) in [5, 5.41) is 0. The largest absolute Gasteiger partial charge is 0.414 e. The van der Waals surface area contributed by atoms with Gasteiger partial charge in [0.25, 0.3) is 0 Å². The standard InChI is InChI=1S/C10H20N2O/c1-6(2)7(3)8(4)10(13-12)9(5)11/h7,9H,1,11-12H2,2-5H3/b10-8-/t7?,9-/m1/s1. The molecule has 0 radical (unpaired) electrons. The van der Waals surface area contributed by atoms with E-state index < -0.39 is 0 Å². The molecule has 3 heteroatoms. The Balaban J connectivity index is 4.84. The van der Waals surface area contributed by atoms with Gasteiger partial charge in [0, 0.05) is 5.92 Å². The van der Waals surface area contributed by atoms with E-state index in [1.54, 1.807) is 0 Å². The maximum atomic E-state index is 5.69. The monoisotopic (exact) mass is 184 g/mol. The average molecular weight is 184 g/mol. The van der Waals surface area contributed by atoms with Crippen molar-refractivity contribution < 1.29 is 4.84 Å². The van der Waals surface area contributed by atoms with E-state index in [0.29, 0.717) is 5.76 Å². The molecule has 2 atom stereocenters. The average Bonchev–Trinajstić information content (AvgIpc) is 2.03. The van der Waals surface area contributed by atoms with Gasteiger partial charge in [0.2, 0.25) is 0 Å². The van der Waals surface area contributed by atoms with E-state index in [1.807, 2.05) is 20.8 Å². The second-order valence-corrected chi connectivity index (χ2v) is 3.52. The Morgan fingerprint density at radius 2 is 1.77 bits per heavy atom. The van der Waals surface area contributed by atoms with Crippen LogP contribution in [-0.4, -0.2) is 6.04 Å². The highest BCUT2D eigenvalue weighted by Gasteiger charge is 2.14. The molecule has 3 nitrogen and oxygen atoms in total. The molecule has 76 valence electrons. The van der Waals surface area contributed by atoms with Crippen LogP contribution in [0.5, 0.6) is 0 Å². The SMILES string of the molecule is C=C(C)C(C)/C(C)=C(\ON)[C@@H](C)N. The second kappa shape index (κ2) is 5.04. The van der Waals surface area contributed by atoms with Gasteiger partial charge in [-0.25, -0.2) is 0 Å². The highest BCUT2D eigenvalue weighted by Crippen LogP contribution is 2.22. The maximum absolute atomic E-state index is 5.69. The zero-order chi connectivity index (χ0) is 10.6. The third-order valence-corrected chi connectivity index (χ3v) is 2.32. The summed E-state index contributed by atoms with van der Waals surface area (Å²) in [5.41, 5.74) is 7.82. The van der Waals surface area contributed by atoms with E-state index in [1.165, 1.54) is 0 Å². The summed E-state index contributed by atoms with van der Waals surface area (Å²) in [6.07, 6.45) is 0. The highest BCUT2D eigenvalue weighted by molar-refractivity contribution is 5.20. The number of allylic oxidation sites excluding steroid dienone is 2. The summed E-state index contributed by atoms with van der Waals surface area (Å²) in [6, 6.07) is -0.174. The second-order valence-electron chi connectivity index (χ2n) is 3.52. The van der Waals surface area contributed by atoms with Crippen LogP contribution in [0.2, 0.25) is 0 Å². The summed E-state index contributed by atoms with van der Waals surface area (Å²) >= 11 is 0. The molecule has 0 amide bonds. The zero-order valence-corrected chi connectivity index (χ0v) is 8.92. The molecule has 0 rings (SSSR count). The Morgan fingerprint density at radius 3 is 2.00 bits per heavy atom. The van der Waals surface area contributed by atoms with Gasteiger partial charge in [0.1, 0.15) is 5.76 Å². The molecule has 0 saturated carbocycles. The van der Waals surface area contributed by atoms with Crippen LogP contribution in [-0.2, 0) is 4.84 Å². The first-order valence-electron chi connectivity index (χ1n) is 4.40. The molecule has 0 spiro atoms. The molecule has 0 aromatic carbocycles. The van der Waals surface area contributed by atoms with Gasteiger partial charge in [-0.1, -0.05) is 19.1 Å². The fourth-order valence-corrected chi connectivity index (χ4v) is 1.14. The van der Waals surface area contributed by atoms with Gasteiger partial charge in [-0.2, -0.15) is 5.90 Å². The van der Waals surface area contributed by atoms with Gasteiger partial charge in [-0.15, -0.1) is 0 Å². The van der Waals surface area contributed by atoms with Crippen LogP contribution in [0.25, 0.3) is 0 Å². The molecule has 0 aliphatic carbocycles. The minimum Gasteiger partial charge on any atom is -0.414 e. The lowest BCUT2D eigenvalue weighted by Crippen LogP contribution is -2.24. The molecule has 4 N–H and O–H groups in total. The van der Waals surface area contributed by atoms with Gasteiger partial charge >= 0.3 is 0 Å². The fourth-order valence-electron chi connectivity index (χ4n) is 1.14. The van der Waals surface area contributed by atoms with Crippen LogP contribution >= 0.6 is 0 Å². The van der Waals surface area contributed by atoms with Crippen molar-refractivity contribution in [2.24, 2.45) is 17.5 Å². The van der Waals surface area contributed by atoms with Crippen LogP contribution in [0.3, 0.4) is 0 Å². The molecule has 0 aliphatic rings. The van der Waals surface area contributed by atoms with Crippen LogP contribution < -0.4 is 11.6 Å². The first kappa shape index (κ1) is 12.2. The zero-order valence-electron chi connectivity index (χ0n) is 8.92. The minimum atomic E-state index is -0.174. The maximum Gasteiger partial charge on any atom is 0.139 e. The van der Waals surface area contributed by atoms with Crippen molar-refractivity contribution in [2.45, 2.75) is 33.7 Å². The van der Waals surface area contributed by atoms with Gasteiger partial charge in [-0.05, 0) is 26.3 Å². The molecule has 1 unspecified atom stereocenters. The molecular formula is C10H20N2O. The van der Waals surface area contributed by atoms with E-state index in [9.17, 15) is 0 Å². The Morgan fingerprint density at radius 1 is 1.31 bits per heavy atom. The molecule has 0 saturated heterocycles. The lowest BCUT2D eigenvalue weighted by atomic mass is 9.94. The van der Waals surface area contributed by atoms with Crippen LogP contribution in [0.4, 0.5) is 0 Å². The smallest absolute Gasteiger partial charge is 0.139 e. The van der Waals surface area contributed by atoms with Crippen molar-refractivity contribution in [1.82, 2.24) is 0 Å². The van der Waals surface area contributed by atoms with E-state index in [-0.39, 0.29) is 12.0 Å².